The molecule has 4 rings (SSSR count). The molecule has 0 spiro atoms. The molecule has 0 aliphatic carbocycles. The van der Waals surface area contributed by atoms with Crippen molar-refractivity contribution in [3.8, 4) is 28.7 Å². The molecule has 0 unspecified atom stereocenters. The maximum absolute atomic E-state index is 12.8. The first-order chi connectivity index (χ1) is 19.7. The minimum Gasteiger partial charge on any atom is -0.504 e. The van der Waals surface area contributed by atoms with Crippen LogP contribution in [0.5, 0.6) is 28.7 Å². The first kappa shape index (κ1) is 30.0. The fourth-order valence-corrected chi connectivity index (χ4v) is 5.49. The second-order valence-electron chi connectivity index (χ2n) is 10.3. The zero-order valence-electron chi connectivity index (χ0n) is 24.0. The number of aliphatic hydroxyl groups excluding tert-OH is 2. The molecule has 41 heavy (non-hydrogen) atoms. The third kappa shape index (κ3) is 6.36. The number of methoxy groups -OCH3 is 4. The number of carbonyl (C=O) groups excluding carboxylic acids is 1. The summed E-state index contributed by atoms with van der Waals surface area (Å²) in [4.78, 5) is 12.8. The largest absolute Gasteiger partial charge is 0.504 e. The van der Waals surface area contributed by atoms with Crippen LogP contribution in [-0.4, -0.2) is 62.9 Å². The fraction of sp³-hybridized carbons (Fsp3) is 0.406. The Balaban J connectivity index is 1.63. The molecule has 3 aromatic carbocycles. The molecule has 1 heterocycles. The van der Waals surface area contributed by atoms with Gasteiger partial charge in [0.2, 0.25) is 0 Å². The summed E-state index contributed by atoms with van der Waals surface area (Å²) in [6.07, 6.45) is -0.228. The van der Waals surface area contributed by atoms with Crippen LogP contribution >= 0.6 is 0 Å². The van der Waals surface area contributed by atoms with E-state index in [2.05, 4.69) is 0 Å². The molecule has 0 bridgehead atoms. The number of aromatic hydroxyl groups is 1. The fourth-order valence-electron chi connectivity index (χ4n) is 5.49. The zero-order valence-corrected chi connectivity index (χ0v) is 24.0. The number of benzene rings is 3. The van der Waals surface area contributed by atoms with Crippen LogP contribution in [0.3, 0.4) is 0 Å². The third-order valence-corrected chi connectivity index (χ3v) is 7.85. The molecular weight excluding hydrogens is 528 g/mol. The quantitative estimate of drug-likeness (QED) is 0.278. The molecule has 1 saturated heterocycles. The summed E-state index contributed by atoms with van der Waals surface area (Å²) < 4.78 is 27.1. The van der Waals surface area contributed by atoms with Crippen molar-refractivity contribution in [3.63, 3.8) is 0 Å². The summed E-state index contributed by atoms with van der Waals surface area (Å²) in [5.74, 6) is 0.154. The van der Waals surface area contributed by atoms with Crippen molar-refractivity contribution >= 4 is 5.97 Å². The predicted octanol–water partition coefficient (Wildman–Crippen LogP) is 4.12. The molecule has 3 aromatic rings. The standard InChI is InChI=1S/C32H38O9/c1-18-6-8-21(15-27(18)38-3)30(34)25(16-33)24-12-20(14-29(40-5)31(24)35)11-23-22(17-41-32(23)36)10-19-7-9-26(37-2)28(13-19)39-4/h6-9,12-15,22-23,25,30,33-35H,10-11,16-17H2,1-5H3/t22-,23+,25+,30-/m1/s1. The number of phenols is 1. The van der Waals surface area contributed by atoms with Crippen LogP contribution in [0.15, 0.2) is 48.5 Å². The van der Waals surface area contributed by atoms with E-state index in [4.69, 9.17) is 23.7 Å². The maximum atomic E-state index is 12.8. The Morgan fingerprint density at radius 2 is 1.54 bits per heavy atom. The average molecular weight is 567 g/mol. The summed E-state index contributed by atoms with van der Waals surface area (Å²) in [6.45, 7) is 1.74. The molecule has 9 heteroatoms. The topological polar surface area (TPSA) is 124 Å². The van der Waals surface area contributed by atoms with E-state index in [0.717, 1.165) is 11.1 Å². The highest BCUT2D eigenvalue weighted by Gasteiger charge is 2.37. The normalized spacial score (nSPS) is 18.0. The summed E-state index contributed by atoms with van der Waals surface area (Å²) in [5.41, 5.74) is 3.45. The van der Waals surface area contributed by atoms with Gasteiger partial charge in [0.1, 0.15) is 5.75 Å². The molecule has 9 nitrogen and oxygen atoms in total. The van der Waals surface area contributed by atoms with Gasteiger partial charge in [0.05, 0.1) is 53.7 Å². The van der Waals surface area contributed by atoms with E-state index in [-0.39, 0.29) is 30.0 Å². The lowest BCUT2D eigenvalue weighted by Gasteiger charge is -2.25. The number of cyclic esters (lactones) is 1. The van der Waals surface area contributed by atoms with Crippen LogP contribution in [-0.2, 0) is 22.4 Å². The van der Waals surface area contributed by atoms with Gasteiger partial charge in [-0.2, -0.15) is 0 Å². The average Bonchev–Trinajstić information content (AvgIpc) is 3.32. The molecule has 1 aliphatic heterocycles. The number of esters is 1. The van der Waals surface area contributed by atoms with E-state index in [1.165, 1.54) is 7.11 Å². The van der Waals surface area contributed by atoms with Gasteiger partial charge in [-0.15, -0.1) is 0 Å². The molecule has 0 radical (unpaired) electrons. The van der Waals surface area contributed by atoms with Gasteiger partial charge < -0.3 is 39.0 Å². The Hall–Kier alpha value is -3.95. The van der Waals surface area contributed by atoms with E-state index in [0.29, 0.717) is 46.8 Å². The predicted molar refractivity (Wildman–Crippen MR) is 152 cm³/mol. The van der Waals surface area contributed by atoms with Gasteiger partial charge in [0, 0.05) is 17.4 Å². The van der Waals surface area contributed by atoms with Crippen LogP contribution in [0.4, 0.5) is 0 Å². The first-order valence-electron chi connectivity index (χ1n) is 13.4. The van der Waals surface area contributed by atoms with Crippen molar-refractivity contribution in [1.82, 2.24) is 0 Å². The molecule has 220 valence electrons. The number of hydrogen-bond acceptors (Lipinski definition) is 9. The van der Waals surface area contributed by atoms with Gasteiger partial charge in [-0.1, -0.05) is 24.3 Å². The number of carbonyl (C=O) groups is 1. The van der Waals surface area contributed by atoms with Crippen LogP contribution in [0.2, 0.25) is 0 Å². The number of rotatable bonds is 12. The number of aliphatic hydroxyl groups is 2. The van der Waals surface area contributed by atoms with Gasteiger partial charge in [-0.05, 0) is 66.3 Å². The van der Waals surface area contributed by atoms with Crippen molar-refractivity contribution in [3.05, 3.63) is 76.3 Å². The van der Waals surface area contributed by atoms with E-state index in [9.17, 15) is 20.1 Å². The maximum Gasteiger partial charge on any atom is 0.309 e. The number of aryl methyl sites for hydroxylation is 1. The summed E-state index contributed by atoms with van der Waals surface area (Å²) in [5, 5.41) is 32.6. The van der Waals surface area contributed by atoms with Crippen molar-refractivity contribution in [1.29, 1.82) is 0 Å². The van der Waals surface area contributed by atoms with E-state index in [1.54, 1.807) is 45.6 Å². The van der Waals surface area contributed by atoms with E-state index in [1.807, 2.05) is 31.2 Å². The minimum atomic E-state index is -1.14. The molecule has 1 fully saturated rings. The lowest BCUT2D eigenvalue weighted by Crippen LogP contribution is -2.21. The van der Waals surface area contributed by atoms with Gasteiger partial charge in [-0.25, -0.2) is 0 Å². The Morgan fingerprint density at radius 1 is 0.854 bits per heavy atom. The van der Waals surface area contributed by atoms with Gasteiger partial charge in [0.25, 0.3) is 0 Å². The minimum absolute atomic E-state index is 0.0944. The Bertz CT molecular complexity index is 1370. The SMILES string of the molecule is COc1cc([C@@H](O)[C@@H](CO)c2cc(C[C@@H]3C(=O)OC[C@H]3Cc3ccc(OC)c(OC)c3)cc(OC)c2O)ccc1C. The number of ether oxygens (including phenoxy) is 5. The third-order valence-electron chi connectivity index (χ3n) is 7.85. The van der Waals surface area contributed by atoms with Crippen molar-refractivity contribution in [2.24, 2.45) is 11.8 Å². The smallest absolute Gasteiger partial charge is 0.309 e. The number of phenolic OH excluding ortho intramolecular Hbond substituents is 1. The summed E-state index contributed by atoms with van der Waals surface area (Å²) in [6, 6.07) is 14.4. The van der Waals surface area contributed by atoms with E-state index >= 15 is 0 Å². The molecule has 0 aromatic heterocycles. The lowest BCUT2D eigenvalue weighted by atomic mass is 9.83. The molecule has 0 amide bonds. The molecular formula is C32H38O9. The molecule has 0 saturated carbocycles. The van der Waals surface area contributed by atoms with Crippen LogP contribution in [0.25, 0.3) is 0 Å². The van der Waals surface area contributed by atoms with Crippen LogP contribution < -0.4 is 18.9 Å². The van der Waals surface area contributed by atoms with Crippen molar-refractivity contribution < 1.29 is 43.8 Å². The van der Waals surface area contributed by atoms with Gasteiger partial charge in [0.15, 0.2) is 23.0 Å². The molecule has 4 atom stereocenters. The summed E-state index contributed by atoms with van der Waals surface area (Å²) in [7, 11) is 6.14. The zero-order chi connectivity index (χ0) is 29.7. The van der Waals surface area contributed by atoms with Crippen LogP contribution in [0, 0.1) is 18.8 Å². The Labute approximate surface area is 240 Å². The second-order valence-corrected chi connectivity index (χ2v) is 10.3. The number of hydrogen-bond donors (Lipinski definition) is 3. The monoisotopic (exact) mass is 566 g/mol. The van der Waals surface area contributed by atoms with E-state index < -0.39 is 24.5 Å². The Morgan fingerprint density at radius 3 is 2.20 bits per heavy atom. The highest BCUT2D eigenvalue weighted by Crippen LogP contribution is 2.43. The van der Waals surface area contributed by atoms with Crippen LogP contribution in [0.1, 0.15) is 39.8 Å². The summed E-state index contributed by atoms with van der Waals surface area (Å²) >= 11 is 0. The first-order valence-corrected chi connectivity index (χ1v) is 13.4. The van der Waals surface area contributed by atoms with Gasteiger partial charge in [-0.3, -0.25) is 4.79 Å². The second kappa shape index (κ2) is 13.1. The highest BCUT2D eigenvalue weighted by atomic mass is 16.5. The Kier molecular flexibility index (Phi) is 9.62. The van der Waals surface area contributed by atoms with Crippen molar-refractivity contribution in [2.75, 3.05) is 41.7 Å². The lowest BCUT2D eigenvalue weighted by molar-refractivity contribution is -0.141. The van der Waals surface area contributed by atoms with Gasteiger partial charge >= 0.3 is 5.97 Å². The molecule has 1 aliphatic rings. The van der Waals surface area contributed by atoms with Crippen molar-refractivity contribution in [2.45, 2.75) is 31.8 Å². The highest BCUT2D eigenvalue weighted by molar-refractivity contribution is 5.75. The molecule has 3 N–H and O–H groups in total.